The Labute approximate surface area is 191 Å². The molecule has 0 radical (unpaired) electrons. The number of hydrogen-bond donors (Lipinski definition) is 2. The van der Waals surface area contributed by atoms with Crippen molar-refractivity contribution in [2.75, 3.05) is 11.9 Å². The third kappa shape index (κ3) is 5.68. The molecule has 0 fully saturated rings. The lowest BCUT2D eigenvalue weighted by Crippen LogP contribution is -2.25. The number of halogens is 1. The molecule has 0 saturated heterocycles. The molecule has 4 aromatic rings. The van der Waals surface area contributed by atoms with Crippen LogP contribution in [-0.4, -0.2) is 27.4 Å². The third-order valence-electron chi connectivity index (χ3n) is 4.84. The van der Waals surface area contributed by atoms with Crippen molar-refractivity contribution in [1.82, 2.24) is 20.3 Å². The van der Waals surface area contributed by atoms with Crippen LogP contribution in [-0.2, 0) is 13.0 Å². The lowest BCUT2D eigenvalue weighted by atomic mass is 10.1. The molecular formula is C25H22ClN5O. The predicted octanol–water partition coefficient (Wildman–Crippen LogP) is 4.78. The van der Waals surface area contributed by atoms with Gasteiger partial charge in [-0.05, 0) is 48.0 Å². The number of hydrogen-bond acceptors (Lipinski definition) is 5. The Bertz CT molecular complexity index is 1190. The highest BCUT2D eigenvalue weighted by atomic mass is 35.5. The van der Waals surface area contributed by atoms with Crippen LogP contribution in [0.3, 0.4) is 0 Å². The molecule has 3 heterocycles. The molecule has 0 aliphatic carbocycles. The summed E-state index contributed by atoms with van der Waals surface area (Å²) in [6.45, 7) is 0.974. The van der Waals surface area contributed by atoms with Crippen LogP contribution in [0.5, 0.6) is 0 Å². The monoisotopic (exact) mass is 443 g/mol. The van der Waals surface area contributed by atoms with Gasteiger partial charge in [0.2, 0.25) is 0 Å². The number of anilines is 1. The van der Waals surface area contributed by atoms with Gasteiger partial charge in [0.1, 0.15) is 5.82 Å². The number of benzene rings is 1. The summed E-state index contributed by atoms with van der Waals surface area (Å²) in [6.07, 6.45) is 5.91. The first-order valence-corrected chi connectivity index (χ1v) is 10.6. The van der Waals surface area contributed by atoms with Crippen molar-refractivity contribution in [2.45, 2.75) is 13.0 Å². The number of nitrogens with one attached hydrogen (secondary N) is 2. The summed E-state index contributed by atoms with van der Waals surface area (Å²) in [7, 11) is 0. The van der Waals surface area contributed by atoms with Gasteiger partial charge < -0.3 is 10.6 Å². The summed E-state index contributed by atoms with van der Waals surface area (Å²) in [6, 6.07) is 20.7. The SMILES string of the molecule is O=C(NCc1cccnc1)c1ccc(-c2cccc(Cl)c2)nc1NCCc1ccccn1. The largest absolute Gasteiger partial charge is 0.369 e. The van der Waals surface area contributed by atoms with Crippen molar-refractivity contribution < 1.29 is 4.79 Å². The minimum absolute atomic E-state index is 0.209. The molecule has 0 spiro atoms. The molecular weight excluding hydrogens is 422 g/mol. The standard InChI is InChI=1S/C25H22ClN5O/c26-20-7-3-6-19(15-20)23-10-9-22(25(32)30-17-18-5-4-12-27-16-18)24(31-23)29-14-11-21-8-1-2-13-28-21/h1-10,12-13,15-16H,11,14,17H2,(H,29,31)(H,30,32). The predicted molar refractivity (Wildman–Crippen MR) is 127 cm³/mol. The zero-order chi connectivity index (χ0) is 22.2. The second kappa shape index (κ2) is 10.5. The smallest absolute Gasteiger partial charge is 0.255 e. The molecule has 0 bridgehead atoms. The lowest BCUT2D eigenvalue weighted by molar-refractivity contribution is 0.0951. The average molecular weight is 444 g/mol. The van der Waals surface area contributed by atoms with Crippen LogP contribution in [0.2, 0.25) is 5.02 Å². The normalized spacial score (nSPS) is 10.5. The fourth-order valence-corrected chi connectivity index (χ4v) is 3.41. The summed E-state index contributed by atoms with van der Waals surface area (Å²) >= 11 is 6.15. The molecule has 3 aromatic heterocycles. The Hall–Kier alpha value is -3.77. The second-order valence-electron chi connectivity index (χ2n) is 7.14. The number of carbonyl (C=O) groups is 1. The highest BCUT2D eigenvalue weighted by Crippen LogP contribution is 2.24. The third-order valence-corrected chi connectivity index (χ3v) is 5.07. The van der Waals surface area contributed by atoms with E-state index in [1.54, 1.807) is 24.7 Å². The van der Waals surface area contributed by atoms with E-state index < -0.39 is 0 Å². The van der Waals surface area contributed by atoms with Gasteiger partial charge in [0.15, 0.2) is 0 Å². The molecule has 0 atom stereocenters. The van der Waals surface area contributed by atoms with Crippen LogP contribution >= 0.6 is 11.6 Å². The summed E-state index contributed by atoms with van der Waals surface area (Å²) in [5.41, 5.74) is 3.98. The maximum absolute atomic E-state index is 12.9. The van der Waals surface area contributed by atoms with E-state index in [9.17, 15) is 4.79 Å². The Balaban J connectivity index is 1.55. The molecule has 6 nitrogen and oxygen atoms in total. The molecule has 0 unspecified atom stereocenters. The van der Waals surface area contributed by atoms with Gasteiger partial charge >= 0.3 is 0 Å². The maximum Gasteiger partial charge on any atom is 0.255 e. The molecule has 0 aliphatic rings. The molecule has 0 aliphatic heterocycles. The summed E-state index contributed by atoms with van der Waals surface area (Å²) < 4.78 is 0. The number of nitrogens with zero attached hydrogens (tertiary/aromatic N) is 3. The van der Waals surface area contributed by atoms with E-state index in [0.29, 0.717) is 35.9 Å². The molecule has 160 valence electrons. The quantitative estimate of drug-likeness (QED) is 0.409. The summed E-state index contributed by atoms with van der Waals surface area (Å²) in [5.74, 6) is 0.307. The molecule has 4 rings (SSSR count). The fourth-order valence-electron chi connectivity index (χ4n) is 3.22. The Kier molecular flexibility index (Phi) is 7.05. The minimum Gasteiger partial charge on any atom is -0.369 e. The van der Waals surface area contributed by atoms with E-state index in [0.717, 1.165) is 22.5 Å². The Morgan fingerprint density at radius 3 is 2.69 bits per heavy atom. The van der Waals surface area contributed by atoms with Gasteiger partial charge in [0.05, 0.1) is 11.3 Å². The van der Waals surface area contributed by atoms with Crippen molar-refractivity contribution >= 4 is 23.3 Å². The van der Waals surface area contributed by atoms with Crippen molar-refractivity contribution in [3.8, 4) is 11.3 Å². The highest BCUT2D eigenvalue weighted by molar-refractivity contribution is 6.30. The lowest BCUT2D eigenvalue weighted by Gasteiger charge is -2.13. The zero-order valence-corrected chi connectivity index (χ0v) is 18.1. The van der Waals surface area contributed by atoms with Gasteiger partial charge in [-0.3, -0.25) is 14.8 Å². The van der Waals surface area contributed by atoms with Crippen molar-refractivity contribution in [1.29, 1.82) is 0 Å². The van der Waals surface area contributed by atoms with Gasteiger partial charge in [-0.1, -0.05) is 35.9 Å². The van der Waals surface area contributed by atoms with E-state index in [-0.39, 0.29) is 5.91 Å². The topological polar surface area (TPSA) is 79.8 Å². The molecule has 1 aromatic carbocycles. The van der Waals surface area contributed by atoms with Crippen LogP contribution in [0.1, 0.15) is 21.6 Å². The molecule has 0 saturated carbocycles. The zero-order valence-electron chi connectivity index (χ0n) is 17.3. The van der Waals surface area contributed by atoms with Crippen LogP contribution in [0.25, 0.3) is 11.3 Å². The van der Waals surface area contributed by atoms with Crippen LogP contribution in [0.4, 0.5) is 5.82 Å². The number of carbonyl (C=O) groups excluding carboxylic acids is 1. The van der Waals surface area contributed by atoms with Gasteiger partial charge in [0, 0.05) is 54.4 Å². The Morgan fingerprint density at radius 1 is 0.969 bits per heavy atom. The number of rotatable bonds is 8. The van der Waals surface area contributed by atoms with E-state index >= 15 is 0 Å². The van der Waals surface area contributed by atoms with Crippen molar-refractivity contribution in [3.63, 3.8) is 0 Å². The van der Waals surface area contributed by atoms with Crippen molar-refractivity contribution in [3.05, 3.63) is 107 Å². The summed E-state index contributed by atoms with van der Waals surface area (Å²) in [4.78, 5) is 26.1. The maximum atomic E-state index is 12.9. The molecule has 32 heavy (non-hydrogen) atoms. The van der Waals surface area contributed by atoms with E-state index in [1.165, 1.54) is 0 Å². The van der Waals surface area contributed by atoms with Crippen molar-refractivity contribution in [2.24, 2.45) is 0 Å². The first kappa shape index (κ1) is 21.5. The first-order chi connectivity index (χ1) is 15.7. The number of amides is 1. The van der Waals surface area contributed by atoms with Crippen LogP contribution in [0, 0.1) is 0 Å². The summed E-state index contributed by atoms with van der Waals surface area (Å²) in [5, 5.41) is 6.88. The van der Waals surface area contributed by atoms with Gasteiger partial charge in [0.25, 0.3) is 5.91 Å². The van der Waals surface area contributed by atoms with Gasteiger partial charge in [-0.25, -0.2) is 4.98 Å². The average Bonchev–Trinajstić information content (AvgIpc) is 2.84. The van der Waals surface area contributed by atoms with Gasteiger partial charge in [-0.2, -0.15) is 0 Å². The number of aromatic nitrogens is 3. The van der Waals surface area contributed by atoms with Crippen LogP contribution < -0.4 is 10.6 Å². The number of pyridine rings is 3. The second-order valence-corrected chi connectivity index (χ2v) is 7.58. The molecule has 1 amide bonds. The molecule has 7 heteroatoms. The molecule has 2 N–H and O–H groups in total. The highest BCUT2D eigenvalue weighted by Gasteiger charge is 2.15. The van der Waals surface area contributed by atoms with E-state index in [2.05, 4.69) is 20.6 Å². The van der Waals surface area contributed by atoms with E-state index in [1.807, 2.05) is 60.7 Å². The Morgan fingerprint density at radius 2 is 1.91 bits per heavy atom. The first-order valence-electron chi connectivity index (χ1n) is 10.3. The minimum atomic E-state index is -0.209. The van der Waals surface area contributed by atoms with Gasteiger partial charge in [-0.15, -0.1) is 0 Å². The van der Waals surface area contributed by atoms with Crippen LogP contribution in [0.15, 0.2) is 85.3 Å². The fraction of sp³-hybridized carbons (Fsp3) is 0.120. The van der Waals surface area contributed by atoms with E-state index in [4.69, 9.17) is 16.6 Å².